The van der Waals surface area contributed by atoms with Gasteiger partial charge < -0.3 is 10.2 Å². The Morgan fingerprint density at radius 1 is 1.39 bits per heavy atom. The van der Waals surface area contributed by atoms with Crippen LogP contribution in [0, 0.1) is 5.92 Å². The van der Waals surface area contributed by atoms with Crippen molar-refractivity contribution in [3.05, 3.63) is 35.9 Å². The Balaban J connectivity index is 2.33. The molecule has 0 radical (unpaired) electrons. The number of rotatable bonds is 3. The van der Waals surface area contributed by atoms with Gasteiger partial charge in [-0.1, -0.05) is 50.1 Å². The van der Waals surface area contributed by atoms with Gasteiger partial charge in [0.15, 0.2) is 0 Å². The number of benzene rings is 1. The second kappa shape index (κ2) is 5.11. The number of aliphatic carboxylic acids is 1. The summed E-state index contributed by atoms with van der Waals surface area (Å²) in [4.78, 5) is 11.6. The van der Waals surface area contributed by atoms with E-state index < -0.39 is 17.5 Å². The Morgan fingerprint density at radius 3 is 2.61 bits per heavy atom. The molecular formula is C15H20O3. The fraction of sp³-hybridized carbons (Fsp3) is 0.533. The molecule has 2 N–H and O–H groups in total. The van der Waals surface area contributed by atoms with E-state index in [1.807, 2.05) is 18.2 Å². The first-order chi connectivity index (χ1) is 8.53. The lowest BCUT2D eigenvalue weighted by molar-refractivity contribution is -0.148. The molecule has 1 aliphatic rings. The van der Waals surface area contributed by atoms with Crippen LogP contribution in [0.25, 0.3) is 0 Å². The van der Waals surface area contributed by atoms with Crippen LogP contribution in [0.15, 0.2) is 30.3 Å². The second-order valence-corrected chi connectivity index (χ2v) is 5.49. The van der Waals surface area contributed by atoms with E-state index in [1.54, 1.807) is 12.1 Å². The van der Waals surface area contributed by atoms with E-state index in [4.69, 9.17) is 0 Å². The molecule has 1 aromatic carbocycles. The third-order valence-corrected chi connectivity index (χ3v) is 3.93. The molecular weight excluding hydrogens is 228 g/mol. The number of carboxylic acid groups (broad SMARTS) is 1. The zero-order chi connectivity index (χ0) is 13.2. The van der Waals surface area contributed by atoms with Crippen molar-refractivity contribution in [3.8, 4) is 0 Å². The largest absolute Gasteiger partial charge is 0.481 e. The minimum Gasteiger partial charge on any atom is -0.481 e. The highest BCUT2D eigenvalue weighted by molar-refractivity contribution is 5.77. The van der Waals surface area contributed by atoms with Gasteiger partial charge in [0, 0.05) is 0 Å². The van der Waals surface area contributed by atoms with Crippen LogP contribution in [0.5, 0.6) is 0 Å². The number of hydrogen-bond donors (Lipinski definition) is 2. The van der Waals surface area contributed by atoms with Gasteiger partial charge in [0.1, 0.15) is 5.92 Å². The summed E-state index contributed by atoms with van der Waals surface area (Å²) >= 11 is 0. The van der Waals surface area contributed by atoms with Gasteiger partial charge in [-0.3, -0.25) is 4.79 Å². The number of carboxylic acids is 1. The third-order valence-electron chi connectivity index (χ3n) is 3.93. The maximum Gasteiger partial charge on any atom is 0.313 e. The molecule has 0 bridgehead atoms. The van der Waals surface area contributed by atoms with Crippen LogP contribution >= 0.6 is 0 Å². The zero-order valence-corrected chi connectivity index (χ0v) is 10.7. The molecule has 0 spiro atoms. The second-order valence-electron chi connectivity index (χ2n) is 5.49. The van der Waals surface area contributed by atoms with E-state index in [1.165, 1.54) is 0 Å². The fourth-order valence-corrected chi connectivity index (χ4v) is 3.15. The van der Waals surface area contributed by atoms with Gasteiger partial charge in [-0.15, -0.1) is 0 Å². The van der Waals surface area contributed by atoms with Gasteiger partial charge in [0.05, 0.1) is 5.60 Å². The zero-order valence-electron chi connectivity index (χ0n) is 10.7. The van der Waals surface area contributed by atoms with Gasteiger partial charge in [-0.2, -0.15) is 0 Å². The lowest BCUT2D eigenvalue weighted by Crippen LogP contribution is -2.44. The lowest BCUT2D eigenvalue weighted by Gasteiger charge is -2.39. The summed E-state index contributed by atoms with van der Waals surface area (Å²) in [5.41, 5.74) is -0.410. The average molecular weight is 248 g/mol. The first kappa shape index (κ1) is 13.1. The Labute approximate surface area is 107 Å². The summed E-state index contributed by atoms with van der Waals surface area (Å²) in [6.07, 6.45) is 3.11. The number of hydrogen-bond acceptors (Lipinski definition) is 2. The molecule has 18 heavy (non-hydrogen) atoms. The summed E-state index contributed by atoms with van der Waals surface area (Å²) in [5.74, 6) is -1.37. The van der Waals surface area contributed by atoms with E-state index in [-0.39, 0.29) is 0 Å². The molecule has 3 nitrogen and oxygen atoms in total. The van der Waals surface area contributed by atoms with E-state index in [9.17, 15) is 15.0 Å². The van der Waals surface area contributed by atoms with Crippen molar-refractivity contribution in [2.45, 2.75) is 44.1 Å². The molecule has 3 heteroatoms. The summed E-state index contributed by atoms with van der Waals surface area (Å²) in [5, 5.41) is 20.2. The molecule has 0 aromatic heterocycles. The van der Waals surface area contributed by atoms with Gasteiger partial charge in [-0.25, -0.2) is 0 Å². The maximum absolute atomic E-state index is 11.6. The van der Waals surface area contributed by atoms with E-state index in [0.717, 1.165) is 12.8 Å². The fourth-order valence-electron chi connectivity index (χ4n) is 3.15. The van der Waals surface area contributed by atoms with Crippen LogP contribution in [0.3, 0.4) is 0 Å². The third kappa shape index (κ3) is 2.56. The van der Waals surface area contributed by atoms with Gasteiger partial charge in [0.2, 0.25) is 0 Å². The first-order valence-corrected chi connectivity index (χ1v) is 6.53. The quantitative estimate of drug-likeness (QED) is 0.864. The van der Waals surface area contributed by atoms with Crippen molar-refractivity contribution in [3.63, 3.8) is 0 Å². The van der Waals surface area contributed by atoms with Crippen molar-refractivity contribution < 1.29 is 15.0 Å². The SMILES string of the molecule is C[C@@H]1CCC[C@](O)([C@H](C(=O)O)c2ccccc2)C1. The topological polar surface area (TPSA) is 57.5 Å². The summed E-state index contributed by atoms with van der Waals surface area (Å²) in [6, 6.07) is 9.07. The Hall–Kier alpha value is -1.35. The van der Waals surface area contributed by atoms with Crippen molar-refractivity contribution in [1.82, 2.24) is 0 Å². The Bertz CT molecular complexity index is 415. The van der Waals surface area contributed by atoms with Crippen LogP contribution < -0.4 is 0 Å². The highest BCUT2D eigenvalue weighted by atomic mass is 16.4. The predicted molar refractivity (Wildman–Crippen MR) is 69.4 cm³/mol. The van der Waals surface area contributed by atoms with Crippen molar-refractivity contribution in [1.29, 1.82) is 0 Å². The molecule has 3 atom stereocenters. The number of aliphatic hydroxyl groups is 1. The first-order valence-electron chi connectivity index (χ1n) is 6.53. The molecule has 0 unspecified atom stereocenters. The minimum atomic E-state index is -1.11. The summed E-state index contributed by atoms with van der Waals surface area (Å²) < 4.78 is 0. The summed E-state index contributed by atoms with van der Waals surface area (Å²) in [6.45, 7) is 2.08. The van der Waals surface area contributed by atoms with Crippen molar-refractivity contribution >= 4 is 5.97 Å². The molecule has 2 rings (SSSR count). The highest BCUT2D eigenvalue weighted by Crippen LogP contribution is 2.42. The van der Waals surface area contributed by atoms with Gasteiger partial charge in [0.25, 0.3) is 0 Å². The molecule has 98 valence electrons. The van der Waals surface area contributed by atoms with Crippen LogP contribution in [0.2, 0.25) is 0 Å². The standard InChI is InChI=1S/C15H20O3/c1-11-6-5-9-15(18,10-11)13(14(16)17)12-7-3-2-4-8-12/h2-4,7-8,11,13,18H,5-6,9-10H2,1H3,(H,16,17)/t11-,13+,15-/m1/s1. The van der Waals surface area contributed by atoms with E-state index >= 15 is 0 Å². The Morgan fingerprint density at radius 2 is 2.06 bits per heavy atom. The molecule has 1 saturated carbocycles. The molecule has 1 fully saturated rings. The van der Waals surface area contributed by atoms with Crippen LogP contribution in [-0.2, 0) is 4.79 Å². The molecule has 0 aliphatic heterocycles. The normalized spacial score (nSPS) is 29.8. The maximum atomic E-state index is 11.6. The molecule has 0 saturated heterocycles. The highest BCUT2D eigenvalue weighted by Gasteiger charge is 2.44. The molecule has 1 aromatic rings. The van der Waals surface area contributed by atoms with Crippen LogP contribution in [0.4, 0.5) is 0 Å². The van der Waals surface area contributed by atoms with Crippen molar-refractivity contribution in [2.75, 3.05) is 0 Å². The summed E-state index contributed by atoms with van der Waals surface area (Å²) in [7, 11) is 0. The van der Waals surface area contributed by atoms with E-state index in [2.05, 4.69) is 6.92 Å². The van der Waals surface area contributed by atoms with Gasteiger partial charge >= 0.3 is 5.97 Å². The lowest BCUT2D eigenvalue weighted by atomic mass is 9.69. The monoisotopic (exact) mass is 248 g/mol. The minimum absolute atomic E-state index is 0.384. The molecule has 0 heterocycles. The van der Waals surface area contributed by atoms with Gasteiger partial charge in [-0.05, 0) is 24.3 Å². The molecule has 0 amide bonds. The number of carbonyl (C=O) groups is 1. The molecule has 1 aliphatic carbocycles. The van der Waals surface area contributed by atoms with Crippen LogP contribution in [-0.4, -0.2) is 21.8 Å². The average Bonchev–Trinajstić information content (AvgIpc) is 2.29. The van der Waals surface area contributed by atoms with Crippen molar-refractivity contribution in [2.24, 2.45) is 5.92 Å². The Kier molecular flexibility index (Phi) is 3.71. The predicted octanol–water partition coefficient (Wildman–Crippen LogP) is 2.80. The smallest absolute Gasteiger partial charge is 0.313 e. The van der Waals surface area contributed by atoms with Crippen LogP contribution in [0.1, 0.15) is 44.1 Å². The van der Waals surface area contributed by atoms with E-state index in [0.29, 0.717) is 24.3 Å².